The number of halogens is 3. The first-order chi connectivity index (χ1) is 27.9. The highest BCUT2D eigenvalue weighted by atomic mass is 19.1. The van der Waals surface area contributed by atoms with Crippen molar-refractivity contribution in [2.45, 2.75) is 56.9 Å². The van der Waals surface area contributed by atoms with Crippen LogP contribution < -0.4 is 10.2 Å². The van der Waals surface area contributed by atoms with Gasteiger partial charge in [-0.2, -0.15) is 5.10 Å². The van der Waals surface area contributed by atoms with Crippen molar-refractivity contribution in [3.8, 4) is 11.1 Å². The van der Waals surface area contributed by atoms with E-state index in [0.29, 0.717) is 79.6 Å². The van der Waals surface area contributed by atoms with Crippen molar-refractivity contribution < 1.29 is 32.3 Å². The molecule has 2 saturated heterocycles. The summed E-state index contributed by atoms with van der Waals surface area (Å²) in [5.74, 6) is -3.25. The zero-order valence-electron chi connectivity index (χ0n) is 32.4. The molecule has 2 N–H and O–H groups in total. The number of piperidine rings is 2. The molecule has 1 atom stereocenters. The van der Waals surface area contributed by atoms with Crippen molar-refractivity contribution in [2.75, 3.05) is 45.2 Å². The van der Waals surface area contributed by atoms with Crippen molar-refractivity contribution in [1.82, 2.24) is 29.9 Å². The molecule has 4 amide bonds. The molecule has 5 aromatic rings. The minimum absolute atomic E-state index is 0.00943. The molecule has 11 nitrogen and oxygen atoms in total. The van der Waals surface area contributed by atoms with Gasteiger partial charge >= 0.3 is 0 Å². The SMILES string of the molecule is CN(C)C(=O)c1cc2c(-c3ccc(C4CCN(c5ccc(C6CCC(=O)NC6=O)cc5F)CC4)cc3F)cc(C3=CCCN(C(=O)CCn4cccn4)C3)c(F)c2[nH]1. The van der Waals surface area contributed by atoms with Crippen LogP contribution >= 0.6 is 0 Å². The molecule has 2 aromatic heterocycles. The summed E-state index contributed by atoms with van der Waals surface area (Å²) >= 11 is 0. The first-order valence-corrected chi connectivity index (χ1v) is 19.6. The molecule has 0 aliphatic carbocycles. The van der Waals surface area contributed by atoms with Gasteiger partial charge in [-0.15, -0.1) is 0 Å². The molecule has 3 aliphatic rings. The molecule has 3 aromatic carbocycles. The van der Waals surface area contributed by atoms with Gasteiger partial charge in [0.2, 0.25) is 17.7 Å². The van der Waals surface area contributed by atoms with Gasteiger partial charge in [0.15, 0.2) is 5.82 Å². The summed E-state index contributed by atoms with van der Waals surface area (Å²) in [5, 5.41) is 6.85. The molecule has 3 aliphatic heterocycles. The number of hydrogen-bond donors (Lipinski definition) is 2. The van der Waals surface area contributed by atoms with Gasteiger partial charge in [0.1, 0.15) is 17.3 Å². The van der Waals surface area contributed by atoms with Crippen molar-refractivity contribution in [3.63, 3.8) is 0 Å². The molecule has 0 saturated carbocycles. The number of nitrogens with zero attached hydrogens (tertiary/aromatic N) is 5. The maximum absolute atomic E-state index is 16.5. The molecular weight excluding hydrogens is 748 g/mol. The number of H-pyrrole nitrogens is 1. The molecular formula is C44H44F3N7O4. The maximum Gasteiger partial charge on any atom is 0.269 e. The smallest absolute Gasteiger partial charge is 0.269 e. The number of aryl methyl sites for hydroxylation is 1. The predicted molar refractivity (Wildman–Crippen MR) is 213 cm³/mol. The fourth-order valence-corrected chi connectivity index (χ4v) is 8.49. The molecule has 5 heterocycles. The number of hydrogen-bond acceptors (Lipinski definition) is 6. The number of fused-ring (bicyclic) bond motifs is 1. The maximum atomic E-state index is 16.5. The molecule has 0 radical (unpaired) electrons. The second-order valence-corrected chi connectivity index (χ2v) is 15.5. The second-order valence-electron chi connectivity index (χ2n) is 15.5. The number of aromatic nitrogens is 3. The summed E-state index contributed by atoms with van der Waals surface area (Å²) in [6, 6.07) is 14.9. The Kier molecular flexibility index (Phi) is 10.7. The number of benzene rings is 3. The van der Waals surface area contributed by atoms with E-state index < -0.39 is 29.3 Å². The fourth-order valence-electron chi connectivity index (χ4n) is 8.49. The van der Waals surface area contributed by atoms with Crippen molar-refractivity contribution >= 4 is 45.8 Å². The van der Waals surface area contributed by atoms with E-state index in [1.165, 1.54) is 17.0 Å². The second kappa shape index (κ2) is 16.0. The molecule has 0 bridgehead atoms. The third-order valence-corrected chi connectivity index (χ3v) is 11.7. The fraction of sp³-hybridized carbons (Fsp3) is 0.341. The molecule has 8 rings (SSSR count). The number of carbonyl (C=O) groups is 4. The highest BCUT2D eigenvalue weighted by Gasteiger charge is 2.30. The van der Waals surface area contributed by atoms with Gasteiger partial charge < -0.3 is 19.7 Å². The minimum atomic E-state index is -0.584. The van der Waals surface area contributed by atoms with Gasteiger partial charge in [0.05, 0.1) is 17.1 Å². The van der Waals surface area contributed by atoms with Crippen LogP contribution in [0.5, 0.6) is 0 Å². The van der Waals surface area contributed by atoms with E-state index in [1.54, 1.807) is 72.5 Å². The third kappa shape index (κ3) is 7.62. The number of rotatable bonds is 9. The van der Waals surface area contributed by atoms with Crippen molar-refractivity contribution in [3.05, 3.63) is 113 Å². The van der Waals surface area contributed by atoms with E-state index in [-0.39, 0.29) is 65.4 Å². The topological polar surface area (TPSA) is 124 Å². The Bertz CT molecular complexity index is 2450. The summed E-state index contributed by atoms with van der Waals surface area (Å²) in [4.78, 5) is 58.2. The van der Waals surface area contributed by atoms with Crippen molar-refractivity contribution in [2.24, 2.45) is 0 Å². The van der Waals surface area contributed by atoms with Crippen molar-refractivity contribution in [1.29, 1.82) is 0 Å². The number of amides is 4. The number of anilines is 1. The molecule has 2 fully saturated rings. The average molecular weight is 792 g/mol. The van der Waals surface area contributed by atoms with Crippen LogP contribution in [0.3, 0.4) is 0 Å². The van der Waals surface area contributed by atoms with Gasteiger partial charge in [0, 0.05) is 88.6 Å². The lowest BCUT2D eigenvalue weighted by Crippen LogP contribution is -2.39. The van der Waals surface area contributed by atoms with E-state index >= 15 is 13.2 Å². The lowest BCUT2D eigenvalue weighted by molar-refractivity contribution is -0.134. The first kappa shape index (κ1) is 38.7. The van der Waals surface area contributed by atoms with Crippen LogP contribution in [-0.2, 0) is 20.9 Å². The van der Waals surface area contributed by atoms with Gasteiger partial charge in [-0.3, -0.25) is 29.2 Å². The van der Waals surface area contributed by atoms with E-state index in [2.05, 4.69) is 15.4 Å². The van der Waals surface area contributed by atoms with Gasteiger partial charge in [-0.1, -0.05) is 24.3 Å². The Balaban J connectivity index is 1.03. The Morgan fingerprint density at radius 3 is 2.38 bits per heavy atom. The third-order valence-electron chi connectivity index (χ3n) is 11.7. The highest BCUT2D eigenvalue weighted by molar-refractivity contribution is 6.05. The number of carbonyl (C=O) groups excluding carboxylic acids is 4. The monoisotopic (exact) mass is 791 g/mol. The lowest BCUT2D eigenvalue weighted by Gasteiger charge is -2.34. The lowest BCUT2D eigenvalue weighted by atomic mass is 9.87. The van der Waals surface area contributed by atoms with Gasteiger partial charge in [-0.25, -0.2) is 13.2 Å². The summed E-state index contributed by atoms with van der Waals surface area (Å²) in [6.45, 7) is 2.16. The summed E-state index contributed by atoms with van der Waals surface area (Å²) in [5.41, 5.74) is 3.49. The molecule has 0 spiro atoms. The Morgan fingerprint density at radius 2 is 1.67 bits per heavy atom. The van der Waals surface area contributed by atoms with Crippen LogP contribution in [0, 0.1) is 17.5 Å². The predicted octanol–water partition coefficient (Wildman–Crippen LogP) is 6.76. The van der Waals surface area contributed by atoms with Crippen LogP contribution in [0.15, 0.2) is 73.1 Å². The van der Waals surface area contributed by atoms with Crippen LogP contribution in [0.1, 0.15) is 77.5 Å². The normalized spacial score (nSPS) is 17.7. The molecule has 1 unspecified atom stereocenters. The van der Waals surface area contributed by atoms with E-state index in [9.17, 15) is 19.2 Å². The number of aromatic amines is 1. The first-order valence-electron chi connectivity index (χ1n) is 19.6. The zero-order valence-corrected chi connectivity index (χ0v) is 32.4. The molecule has 300 valence electrons. The van der Waals surface area contributed by atoms with Crippen LogP contribution in [0.4, 0.5) is 18.9 Å². The zero-order chi connectivity index (χ0) is 40.7. The molecule has 58 heavy (non-hydrogen) atoms. The average Bonchev–Trinajstić information content (AvgIpc) is 3.92. The summed E-state index contributed by atoms with van der Waals surface area (Å²) in [6.07, 6.45) is 7.96. The van der Waals surface area contributed by atoms with Crippen LogP contribution in [-0.4, -0.2) is 88.5 Å². The minimum Gasteiger partial charge on any atom is -0.369 e. The van der Waals surface area contributed by atoms with Crippen LogP contribution in [0.25, 0.3) is 27.6 Å². The Hall–Kier alpha value is -6.18. The number of nitrogens with one attached hydrogen (secondary N) is 2. The van der Waals surface area contributed by atoms with Gasteiger partial charge in [0.25, 0.3) is 5.91 Å². The molecule has 14 heteroatoms. The van der Waals surface area contributed by atoms with E-state index in [0.717, 1.165) is 5.56 Å². The summed E-state index contributed by atoms with van der Waals surface area (Å²) in [7, 11) is 3.20. The van der Waals surface area contributed by atoms with E-state index in [1.807, 2.05) is 17.0 Å². The highest BCUT2D eigenvalue weighted by Crippen LogP contribution is 2.40. The van der Waals surface area contributed by atoms with Gasteiger partial charge in [-0.05, 0) is 90.3 Å². The number of imide groups is 1. The Morgan fingerprint density at radius 1 is 0.897 bits per heavy atom. The van der Waals surface area contributed by atoms with Crippen LogP contribution in [0.2, 0.25) is 0 Å². The largest absolute Gasteiger partial charge is 0.369 e. The standard InChI is InChI=1S/C44H44F3N7O4/c1-51(2)44(58)37-24-34-33(23-32(41(47)42(34)49-37)29-5-3-16-53(25-29)40(56)14-20-54-17-4-15-48-54)31-8-6-27(21-35(31)45)26-12-18-52(19-13-26)38-10-7-28(22-36(38)46)30-9-11-39(55)50-43(30)57/h4-8,10,15,17,21-24,26,30,49H,3,9,11-14,16,18-20,25H2,1-2H3,(H,50,55,57). The quantitative estimate of drug-likeness (QED) is 0.159. The summed E-state index contributed by atoms with van der Waals surface area (Å²) < 4.78 is 50.1. The van der Waals surface area contributed by atoms with E-state index in [4.69, 9.17) is 0 Å². The Labute approximate surface area is 333 Å².